The summed E-state index contributed by atoms with van der Waals surface area (Å²) < 4.78 is 26.7. The van der Waals surface area contributed by atoms with E-state index in [1.165, 1.54) is 28.6 Å². The van der Waals surface area contributed by atoms with Gasteiger partial charge in [-0.15, -0.1) is 0 Å². The fourth-order valence-corrected chi connectivity index (χ4v) is 4.08. The Hall–Kier alpha value is -1.71. The third-order valence-corrected chi connectivity index (χ3v) is 5.95. The molecule has 1 aliphatic rings. The van der Waals surface area contributed by atoms with Gasteiger partial charge in [0, 0.05) is 38.3 Å². The Morgan fingerprint density at radius 1 is 1.22 bits per heavy atom. The number of rotatable bonds is 4. The summed E-state index contributed by atoms with van der Waals surface area (Å²) in [5.41, 5.74) is 5.44. The molecular weight excluding hydrogens is 336 g/mol. The highest BCUT2D eigenvalue weighted by atomic mass is 32.2. The van der Waals surface area contributed by atoms with Crippen molar-refractivity contribution in [2.24, 2.45) is 5.73 Å². The SMILES string of the molecule is CCNC(=S)N1CCN(S(=O)(=O)c2ccc(C(N)=O)cc2)CC1. The Balaban J connectivity index is 2.07. The molecule has 0 spiro atoms. The monoisotopic (exact) mass is 356 g/mol. The van der Waals surface area contributed by atoms with Crippen molar-refractivity contribution in [3.05, 3.63) is 29.8 Å². The fraction of sp³-hybridized carbons (Fsp3) is 0.429. The molecule has 1 amide bonds. The number of hydrogen-bond donors (Lipinski definition) is 2. The van der Waals surface area contributed by atoms with Gasteiger partial charge in [0.05, 0.1) is 4.90 Å². The van der Waals surface area contributed by atoms with Crippen molar-refractivity contribution < 1.29 is 13.2 Å². The second-order valence-electron chi connectivity index (χ2n) is 5.12. The summed E-state index contributed by atoms with van der Waals surface area (Å²) >= 11 is 5.24. The molecule has 0 bridgehead atoms. The van der Waals surface area contributed by atoms with Crippen LogP contribution in [0.2, 0.25) is 0 Å². The van der Waals surface area contributed by atoms with Gasteiger partial charge < -0.3 is 16.0 Å². The molecule has 1 saturated heterocycles. The van der Waals surface area contributed by atoms with E-state index in [4.69, 9.17) is 18.0 Å². The molecule has 0 saturated carbocycles. The van der Waals surface area contributed by atoms with Crippen LogP contribution in [0.4, 0.5) is 0 Å². The molecule has 3 N–H and O–H groups in total. The topological polar surface area (TPSA) is 95.7 Å². The predicted molar refractivity (Wildman–Crippen MR) is 91.6 cm³/mol. The Bertz CT molecular complexity index is 680. The first-order valence-corrected chi connectivity index (χ1v) is 9.14. The van der Waals surface area contributed by atoms with Gasteiger partial charge in [0.2, 0.25) is 15.9 Å². The van der Waals surface area contributed by atoms with Gasteiger partial charge in [-0.2, -0.15) is 4.31 Å². The number of carbonyl (C=O) groups excluding carboxylic acids is 1. The van der Waals surface area contributed by atoms with Crippen LogP contribution < -0.4 is 11.1 Å². The fourth-order valence-electron chi connectivity index (χ4n) is 2.33. The lowest BCUT2D eigenvalue weighted by Gasteiger charge is -2.35. The maximum atomic E-state index is 12.6. The van der Waals surface area contributed by atoms with Gasteiger partial charge in [-0.05, 0) is 43.4 Å². The van der Waals surface area contributed by atoms with Gasteiger partial charge in [0.25, 0.3) is 0 Å². The molecule has 0 aromatic heterocycles. The number of nitrogens with one attached hydrogen (secondary N) is 1. The molecule has 1 heterocycles. The van der Waals surface area contributed by atoms with E-state index in [2.05, 4.69) is 5.32 Å². The first-order valence-electron chi connectivity index (χ1n) is 7.29. The molecule has 126 valence electrons. The van der Waals surface area contributed by atoms with Gasteiger partial charge in [-0.3, -0.25) is 4.79 Å². The minimum absolute atomic E-state index is 0.158. The van der Waals surface area contributed by atoms with Crippen LogP contribution in [-0.4, -0.2) is 61.4 Å². The van der Waals surface area contributed by atoms with Crippen LogP contribution >= 0.6 is 12.2 Å². The molecule has 1 fully saturated rings. The number of piperazine rings is 1. The molecule has 0 atom stereocenters. The van der Waals surface area contributed by atoms with Gasteiger partial charge >= 0.3 is 0 Å². The highest BCUT2D eigenvalue weighted by molar-refractivity contribution is 7.89. The molecule has 1 aromatic carbocycles. The van der Waals surface area contributed by atoms with Crippen molar-refractivity contribution in [2.75, 3.05) is 32.7 Å². The molecule has 9 heteroatoms. The first-order chi connectivity index (χ1) is 10.9. The van der Waals surface area contributed by atoms with E-state index >= 15 is 0 Å². The average molecular weight is 356 g/mol. The van der Waals surface area contributed by atoms with E-state index in [0.29, 0.717) is 31.3 Å². The Morgan fingerprint density at radius 2 is 1.78 bits per heavy atom. The summed E-state index contributed by atoms with van der Waals surface area (Å²) in [5.74, 6) is -0.584. The van der Waals surface area contributed by atoms with E-state index in [0.717, 1.165) is 6.54 Å². The number of benzene rings is 1. The maximum Gasteiger partial charge on any atom is 0.248 e. The Morgan fingerprint density at radius 3 is 2.26 bits per heavy atom. The van der Waals surface area contributed by atoms with Crippen LogP contribution in [-0.2, 0) is 10.0 Å². The minimum Gasteiger partial charge on any atom is -0.366 e. The third kappa shape index (κ3) is 3.98. The van der Waals surface area contributed by atoms with Crippen LogP contribution in [0.5, 0.6) is 0 Å². The van der Waals surface area contributed by atoms with Gasteiger partial charge in [-0.1, -0.05) is 0 Å². The minimum atomic E-state index is -3.58. The summed E-state index contributed by atoms with van der Waals surface area (Å²) in [6.07, 6.45) is 0. The molecule has 0 aliphatic carbocycles. The molecule has 0 unspecified atom stereocenters. The summed E-state index contributed by atoms with van der Waals surface area (Å²) in [4.78, 5) is 13.2. The molecule has 0 radical (unpaired) electrons. The summed E-state index contributed by atoms with van der Waals surface area (Å²) in [6.45, 7) is 4.53. The smallest absolute Gasteiger partial charge is 0.248 e. The second-order valence-corrected chi connectivity index (χ2v) is 7.44. The quantitative estimate of drug-likeness (QED) is 0.737. The molecule has 1 aliphatic heterocycles. The molecule has 23 heavy (non-hydrogen) atoms. The van der Waals surface area contributed by atoms with Crippen molar-refractivity contribution in [2.45, 2.75) is 11.8 Å². The van der Waals surface area contributed by atoms with Crippen molar-refractivity contribution in [1.82, 2.24) is 14.5 Å². The number of nitrogens with two attached hydrogens (primary N) is 1. The molecule has 1 aromatic rings. The largest absolute Gasteiger partial charge is 0.366 e. The summed E-state index contributed by atoms with van der Waals surface area (Å²) in [6, 6.07) is 5.66. The van der Waals surface area contributed by atoms with Crippen molar-refractivity contribution in [3.8, 4) is 0 Å². The van der Waals surface area contributed by atoms with Crippen LogP contribution in [0.1, 0.15) is 17.3 Å². The number of nitrogens with zero attached hydrogens (tertiary/aromatic N) is 2. The lowest BCUT2D eigenvalue weighted by atomic mass is 10.2. The normalized spacial score (nSPS) is 16.1. The first kappa shape index (κ1) is 17.6. The van der Waals surface area contributed by atoms with Crippen LogP contribution in [0.3, 0.4) is 0 Å². The number of hydrogen-bond acceptors (Lipinski definition) is 4. The number of carbonyl (C=O) groups is 1. The van der Waals surface area contributed by atoms with Gasteiger partial charge in [0.1, 0.15) is 0 Å². The maximum absolute atomic E-state index is 12.6. The zero-order chi connectivity index (χ0) is 17.0. The highest BCUT2D eigenvalue weighted by Crippen LogP contribution is 2.18. The van der Waals surface area contributed by atoms with Gasteiger partial charge in [0.15, 0.2) is 5.11 Å². The molecule has 7 nitrogen and oxygen atoms in total. The van der Waals surface area contributed by atoms with E-state index in [1.54, 1.807) is 0 Å². The number of amides is 1. The highest BCUT2D eigenvalue weighted by Gasteiger charge is 2.29. The molecular formula is C14H20N4O3S2. The van der Waals surface area contributed by atoms with E-state index in [9.17, 15) is 13.2 Å². The predicted octanol–water partition coefficient (Wildman–Crippen LogP) is -0.0138. The lowest BCUT2D eigenvalue weighted by Crippen LogP contribution is -2.52. The number of thiocarbonyl (C=S) groups is 1. The Kier molecular flexibility index (Phi) is 5.55. The summed E-state index contributed by atoms with van der Waals surface area (Å²) in [5, 5.41) is 3.71. The average Bonchev–Trinajstić information content (AvgIpc) is 2.55. The van der Waals surface area contributed by atoms with E-state index < -0.39 is 15.9 Å². The zero-order valence-corrected chi connectivity index (χ0v) is 14.5. The van der Waals surface area contributed by atoms with Crippen molar-refractivity contribution >= 4 is 33.3 Å². The third-order valence-electron chi connectivity index (χ3n) is 3.63. The lowest BCUT2D eigenvalue weighted by molar-refractivity contribution is 0.1000. The van der Waals surface area contributed by atoms with Crippen molar-refractivity contribution in [1.29, 1.82) is 0 Å². The number of sulfonamides is 1. The number of primary amides is 1. The van der Waals surface area contributed by atoms with Crippen LogP contribution in [0.15, 0.2) is 29.2 Å². The van der Waals surface area contributed by atoms with E-state index in [1.807, 2.05) is 11.8 Å². The second kappa shape index (κ2) is 7.24. The standard InChI is InChI=1S/C14H20N4O3S2/c1-2-16-14(22)17-7-9-18(10-8-17)23(20,21)12-5-3-11(4-6-12)13(15)19/h3-6H,2,7-10H2,1H3,(H2,15,19)(H,16,22). The molecule has 2 rings (SSSR count). The van der Waals surface area contributed by atoms with Crippen molar-refractivity contribution in [3.63, 3.8) is 0 Å². The Labute approximate surface area is 141 Å². The van der Waals surface area contributed by atoms with E-state index in [-0.39, 0.29) is 10.5 Å². The van der Waals surface area contributed by atoms with Crippen LogP contribution in [0, 0.1) is 0 Å². The zero-order valence-electron chi connectivity index (χ0n) is 12.9. The van der Waals surface area contributed by atoms with Crippen LogP contribution in [0.25, 0.3) is 0 Å². The summed E-state index contributed by atoms with van der Waals surface area (Å²) in [7, 11) is -3.58. The van der Waals surface area contributed by atoms with Gasteiger partial charge in [-0.25, -0.2) is 8.42 Å².